The number of para-hydroxylation sites is 1. The fourth-order valence-corrected chi connectivity index (χ4v) is 1.85. The second kappa shape index (κ2) is 7.65. The summed E-state index contributed by atoms with van der Waals surface area (Å²) in [6, 6.07) is 9.46. The van der Waals surface area contributed by atoms with E-state index >= 15 is 0 Å². The lowest BCUT2D eigenvalue weighted by Gasteiger charge is -2.13. The first-order valence-corrected chi connectivity index (χ1v) is 6.92. The summed E-state index contributed by atoms with van der Waals surface area (Å²) >= 11 is 0. The molecule has 0 atom stereocenters. The first-order valence-electron chi connectivity index (χ1n) is 6.92. The molecule has 2 amide bonds. The predicted molar refractivity (Wildman–Crippen MR) is 78.9 cm³/mol. The molecule has 25 heavy (non-hydrogen) atoms. The van der Waals surface area contributed by atoms with Crippen LogP contribution in [0.3, 0.4) is 0 Å². The van der Waals surface area contributed by atoms with E-state index in [9.17, 15) is 27.2 Å². The molecule has 0 aliphatic carbocycles. The van der Waals surface area contributed by atoms with E-state index in [1.807, 2.05) is 10.9 Å². The lowest BCUT2D eigenvalue weighted by Crippen LogP contribution is -2.44. The van der Waals surface area contributed by atoms with Gasteiger partial charge in [0, 0.05) is 0 Å². The molecule has 9 heteroatoms. The highest BCUT2D eigenvalue weighted by molar-refractivity contribution is 5.95. The first kappa shape index (κ1) is 18.2. The summed E-state index contributed by atoms with van der Waals surface area (Å²) in [5.41, 5.74) is 2.54. The molecule has 0 bridgehead atoms. The van der Waals surface area contributed by atoms with Gasteiger partial charge in [0.1, 0.15) is 11.6 Å². The van der Waals surface area contributed by atoms with Gasteiger partial charge in [-0.15, -0.1) is 0 Å². The average Bonchev–Trinajstić information content (AvgIpc) is 2.57. The van der Waals surface area contributed by atoms with E-state index < -0.39 is 41.7 Å². The Morgan fingerprint density at radius 1 is 0.960 bits per heavy atom. The SMILES string of the molecule is O=C(COc1ccccc1C(F)(F)F)NNC(=O)c1ccccc1F. The van der Waals surface area contributed by atoms with Crippen molar-refractivity contribution in [3.8, 4) is 5.75 Å². The van der Waals surface area contributed by atoms with Crippen molar-refractivity contribution in [1.29, 1.82) is 0 Å². The van der Waals surface area contributed by atoms with Crippen LogP contribution in [-0.4, -0.2) is 18.4 Å². The first-order chi connectivity index (χ1) is 11.8. The second-order valence-corrected chi connectivity index (χ2v) is 4.76. The van der Waals surface area contributed by atoms with Crippen molar-refractivity contribution in [3.05, 3.63) is 65.5 Å². The maximum absolute atomic E-state index is 13.4. The Balaban J connectivity index is 1.90. The van der Waals surface area contributed by atoms with Crippen LogP contribution in [0, 0.1) is 5.82 Å². The summed E-state index contributed by atoms with van der Waals surface area (Å²) in [6.07, 6.45) is -4.63. The van der Waals surface area contributed by atoms with Gasteiger partial charge in [-0.05, 0) is 24.3 Å². The number of ether oxygens (including phenoxy) is 1. The molecule has 2 N–H and O–H groups in total. The Hall–Kier alpha value is -3.10. The number of carbonyl (C=O) groups is 2. The Morgan fingerprint density at radius 3 is 2.28 bits per heavy atom. The summed E-state index contributed by atoms with van der Waals surface area (Å²) in [6.45, 7) is -0.773. The van der Waals surface area contributed by atoms with Crippen LogP contribution in [0.1, 0.15) is 15.9 Å². The molecule has 0 saturated carbocycles. The molecule has 0 spiro atoms. The molecule has 0 unspecified atom stereocenters. The molecule has 2 aromatic carbocycles. The predicted octanol–water partition coefficient (Wildman–Crippen LogP) is 2.68. The van der Waals surface area contributed by atoms with E-state index in [0.717, 1.165) is 18.2 Å². The van der Waals surface area contributed by atoms with Gasteiger partial charge in [-0.1, -0.05) is 24.3 Å². The normalized spacial score (nSPS) is 10.9. The number of hydrazine groups is 1. The van der Waals surface area contributed by atoms with E-state index in [-0.39, 0.29) is 5.56 Å². The third-order valence-corrected chi connectivity index (χ3v) is 2.99. The van der Waals surface area contributed by atoms with Crippen LogP contribution in [-0.2, 0) is 11.0 Å². The minimum absolute atomic E-state index is 0.300. The maximum Gasteiger partial charge on any atom is 0.419 e. The maximum atomic E-state index is 13.4. The van der Waals surface area contributed by atoms with Crippen LogP contribution < -0.4 is 15.6 Å². The third kappa shape index (κ3) is 4.93. The molecule has 0 aliphatic rings. The number of amides is 2. The van der Waals surface area contributed by atoms with Gasteiger partial charge in [0.05, 0.1) is 11.1 Å². The molecular weight excluding hydrogens is 344 g/mol. The Labute approximate surface area is 139 Å². The van der Waals surface area contributed by atoms with Crippen LogP contribution >= 0.6 is 0 Å². The summed E-state index contributed by atoms with van der Waals surface area (Å²) in [5.74, 6) is -3.14. The van der Waals surface area contributed by atoms with Gasteiger partial charge in [-0.3, -0.25) is 20.4 Å². The summed E-state index contributed by atoms with van der Waals surface area (Å²) in [5, 5.41) is 0. The van der Waals surface area contributed by atoms with E-state index in [4.69, 9.17) is 4.74 Å². The molecule has 0 radical (unpaired) electrons. The molecule has 2 aromatic rings. The van der Waals surface area contributed by atoms with Crippen molar-refractivity contribution in [2.45, 2.75) is 6.18 Å². The lowest BCUT2D eigenvalue weighted by molar-refractivity contribution is -0.139. The van der Waals surface area contributed by atoms with Gasteiger partial charge in [0.25, 0.3) is 11.8 Å². The zero-order chi connectivity index (χ0) is 18.4. The number of benzene rings is 2. The molecule has 0 aliphatic heterocycles. The number of nitrogens with one attached hydrogen (secondary N) is 2. The Morgan fingerprint density at radius 2 is 1.60 bits per heavy atom. The summed E-state index contributed by atoms with van der Waals surface area (Å²) < 4.78 is 56.6. The van der Waals surface area contributed by atoms with Crippen molar-refractivity contribution >= 4 is 11.8 Å². The Bertz CT molecular complexity index is 778. The van der Waals surface area contributed by atoms with Gasteiger partial charge in [0.15, 0.2) is 6.61 Å². The van der Waals surface area contributed by atoms with E-state index in [0.29, 0.717) is 0 Å². The van der Waals surface area contributed by atoms with Crippen molar-refractivity contribution in [2.24, 2.45) is 0 Å². The highest BCUT2D eigenvalue weighted by Crippen LogP contribution is 2.35. The number of hydrogen-bond acceptors (Lipinski definition) is 3. The zero-order valence-electron chi connectivity index (χ0n) is 12.6. The largest absolute Gasteiger partial charge is 0.483 e. The molecule has 5 nitrogen and oxygen atoms in total. The highest BCUT2D eigenvalue weighted by Gasteiger charge is 2.34. The van der Waals surface area contributed by atoms with Crippen LogP contribution in [0.4, 0.5) is 17.6 Å². The van der Waals surface area contributed by atoms with Crippen molar-refractivity contribution < 1.29 is 31.9 Å². The van der Waals surface area contributed by atoms with Gasteiger partial charge < -0.3 is 4.74 Å². The summed E-state index contributed by atoms with van der Waals surface area (Å²) in [7, 11) is 0. The molecule has 0 heterocycles. The van der Waals surface area contributed by atoms with E-state index in [2.05, 4.69) is 0 Å². The van der Waals surface area contributed by atoms with Crippen molar-refractivity contribution in [2.75, 3.05) is 6.61 Å². The fraction of sp³-hybridized carbons (Fsp3) is 0.125. The minimum atomic E-state index is -4.63. The molecule has 0 fully saturated rings. The van der Waals surface area contributed by atoms with Crippen LogP contribution in [0.5, 0.6) is 5.75 Å². The van der Waals surface area contributed by atoms with Crippen molar-refractivity contribution in [1.82, 2.24) is 10.9 Å². The number of carbonyl (C=O) groups excluding carboxylic acids is 2. The van der Waals surface area contributed by atoms with E-state index in [1.54, 1.807) is 0 Å². The summed E-state index contributed by atoms with van der Waals surface area (Å²) in [4.78, 5) is 23.2. The zero-order valence-corrected chi connectivity index (χ0v) is 12.6. The van der Waals surface area contributed by atoms with Crippen LogP contribution in [0.2, 0.25) is 0 Å². The monoisotopic (exact) mass is 356 g/mol. The minimum Gasteiger partial charge on any atom is -0.483 e. The molecule has 2 rings (SSSR count). The number of hydrogen-bond donors (Lipinski definition) is 2. The molecular formula is C16H12F4N2O3. The van der Waals surface area contributed by atoms with E-state index in [1.165, 1.54) is 30.3 Å². The van der Waals surface area contributed by atoms with Crippen LogP contribution in [0.25, 0.3) is 0 Å². The van der Waals surface area contributed by atoms with Gasteiger partial charge in [0.2, 0.25) is 0 Å². The second-order valence-electron chi connectivity index (χ2n) is 4.76. The van der Waals surface area contributed by atoms with Gasteiger partial charge >= 0.3 is 6.18 Å². The lowest BCUT2D eigenvalue weighted by atomic mass is 10.2. The molecule has 0 aromatic heterocycles. The number of alkyl halides is 3. The Kier molecular flexibility index (Phi) is 5.58. The van der Waals surface area contributed by atoms with Gasteiger partial charge in [-0.25, -0.2) is 4.39 Å². The molecule has 0 saturated heterocycles. The smallest absolute Gasteiger partial charge is 0.419 e. The third-order valence-electron chi connectivity index (χ3n) is 2.99. The van der Waals surface area contributed by atoms with Crippen molar-refractivity contribution in [3.63, 3.8) is 0 Å². The fourth-order valence-electron chi connectivity index (χ4n) is 1.85. The number of rotatable bonds is 4. The van der Waals surface area contributed by atoms with Crippen LogP contribution in [0.15, 0.2) is 48.5 Å². The number of halogens is 4. The average molecular weight is 356 g/mol. The molecule has 132 valence electrons. The standard InChI is InChI=1S/C16H12F4N2O3/c17-12-7-3-1-5-10(12)15(24)22-21-14(23)9-25-13-8-4-2-6-11(13)16(18,19)20/h1-8H,9H2,(H,21,23)(H,22,24). The highest BCUT2D eigenvalue weighted by atomic mass is 19.4. The topological polar surface area (TPSA) is 67.4 Å². The van der Waals surface area contributed by atoms with Gasteiger partial charge in [-0.2, -0.15) is 13.2 Å². The quantitative estimate of drug-likeness (QED) is 0.654.